The van der Waals surface area contributed by atoms with Crippen molar-refractivity contribution in [1.82, 2.24) is 10.3 Å². The number of rotatable bonds is 7. The van der Waals surface area contributed by atoms with Crippen LogP contribution in [0, 0.1) is 5.82 Å². The Bertz CT molecular complexity index is 1360. The molecule has 2 N–H and O–H groups in total. The number of carbonyl (C=O) groups is 1. The van der Waals surface area contributed by atoms with Gasteiger partial charge in [0, 0.05) is 0 Å². The molecular weight excluding hydrogens is 484 g/mol. The molecule has 0 fully saturated rings. The third-order valence-corrected chi connectivity index (χ3v) is 5.53. The van der Waals surface area contributed by atoms with Crippen molar-refractivity contribution in [1.29, 1.82) is 0 Å². The first-order valence-corrected chi connectivity index (χ1v) is 10.6. The predicted molar refractivity (Wildman–Crippen MR) is 121 cm³/mol. The summed E-state index contributed by atoms with van der Waals surface area (Å²) in [7, 11) is 1.19. The molecule has 0 spiro atoms. The summed E-state index contributed by atoms with van der Waals surface area (Å²) in [5.41, 5.74) is 3.05. The van der Waals surface area contributed by atoms with E-state index < -0.39 is 23.7 Å². The van der Waals surface area contributed by atoms with E-state index in [0.29, 0.717) is 33.7 Å². The predicted octanol–water partition coefficient (Wildman–Crippen LogP) is 5.46. The number of halogens is 4. The lowest BCUT2D eigenvalue weighted by Crippen LogP contribution is -2.22. The van der Waals surface area contributed by atoms with Gasteiger partial charge in [0.15, 0.2) is 11.5 Å². The quantitative estimate of drug-likeness (QED) is 0.415. The van der Waals surface area contributed by atoms with Gasteiger partial charge in [-0.2, -0.15) is 0 Å². The summed E-state index contributed by atoms with van der Waals surface area (Å²) < 4.78 is 66.6. The Labute approximate surface area is 202 Å². The number of hydrogen-bond donors (Lipinski definition) is 2. The zero-order valence-corrected chi connectivity index (χ0v) is 19.1. The van der Waals surface area contributed by atoms with Gasteiger partial charge in [-0.1, -0.05) is 6.07 Å². The lowest BCUT2D eigenvalue weighted by Gasteiger charge is -2.14. The monoisotopic (exact) mass is 504 g/mol. The minimum atomic E-state index is -5.03. The topological polar surface area (TPSA) is 93.8 Å². The van der Waals surface area contributed by atoms with Gasteiger partial charge >= 0.3 is 6.36 Å². The normalized spacial score (nSPS) is 14.2. The molecule has 0 saturated carbocycles. The summed E-state index contributed by atoms with van der Waals surface area (Å²) in [4.78, 5) is 16.5. The fourth-order valence-corrected chi connectivity index (χ4v) is 3.93. The molecule has 1 heterocycles. The van der Waals surface area contributed by atoms with E-state index in [-0.39, 0.29) is 30.2 Å². The molecular formula is C25H20F4N2O5. The Hall–Kier alpha value is -4.28. The second-order valence-electron chi connectivity index (χ2n) is 7.85. The maximum absolute atomic E-state index is 14.1. The van der Waals surface area contributed by atoms with E-state index in [2.05, 4.69) is 15.0 Å². The number of methoxy groups -OCH3 is 1. The summed E-state index contributed by atoms with van der Waals surface area (Å²) in [5.74, 6) is -2.40. The van der Waals surface area contributed by atoms with Crippen LogP contribution in [0.2, 0.25) is 0 Å². The molecule has 1 amide bonds. The van der Waals surface area contributed by atoms with Crippen LogP contribution >= 0.6 is 0 Å². The number of carbonyl (C=O) groups excluding carboxylic acids is 1. The summed E-state index contributed by atoms with van der Waals surface area (Å²) in [6.45, 7) is 1.80. The first kappa shape index (κ1) is 24.8. The fraction of sp³-hybridized carbons (Fsp3) is 0.200. The van der Waals surface area contributed by atoms with Crippen molar-refractivity contribution < 1.29 is 41.4 Å². The van der Waals surface area contributed by atoms with Crippen molar-refractivity contribution in [2.24, 2.45) is 0 Å². The molecule has 0 saturated heterocycles. The second-order valence-corrected chi connectivity index (χ2v) is 7.85. The molecule has 1 aromatic heterocycles. The van der Waals surface area contributed by atoms with Crippen LogP contribution in [0.15, 0.2) is 52.8 Å². The van der Waals surface area contributed by atoms with Gasteiger partial charge in [0.1, 0.15) is 12.1 Å². The number of hydrogen-bond acceptors (Lipinski definition) is 6. The molecule has 0 unspecified atom stereocenters. The van der Waals surface area contributed by atoms with Gasteiger partial charge in [0.25, 0.3) is 0 Å². The number of nitrogens with one attached hydrogen (secondary N) is 1. The second kappa shape index (κ2) is 9.76. The van der Waals surface area contributed by atoms with E-state index in [4.69, 9.17) is 9.15 Å². The highest BCUT2D eigenvalue weighted by Gasteiger charge is 2.33. The number of ether oxygens (including phenoxy) is 2. The SMILES string of the molecule is COc1cc(/C=C2/C(C)=C(CC(=O)NCc3ncco3)c3cc(F)ccc32)cc(OC(F)(F)F)c1O. The zero-order chi connectivity index (χ0) is 26.0. The van der Waals surface area contributed by atoms with Crippen molar-refractivity contribution in [2.75, 3.05) is 7.11 Å². The fourth-order valence-electron chi connectivity index (χ4n) is 3.93. The number of oxazole rings is 1. The molecule has 3 aromatic rings. The lowest BCUT2D eigenvalue weighted by molar-refractivity contribution is -0.275. The smallest absolute Gasteiger partial charge is 0.502 e. The van der Waals surface area contributed by atoms with E-state index in [9.17, 15) is 27.5 Å². The van der Waals surface area contributed by atoms with Crippen molar-refractivity contribution in [3.05, 3.63) is 76.8 Å². The van der Waals surface area contributed by atoms with Crippen molar-refractivity contribution in [3.8, 4) is 17.2 Å². The van der Waals surface area contributed by atoms with Crippen LogP contribution < -0.4 is 14.8 Å². The third kappa shape index (κ3) is 5.35. The summed E-state index contributed by atoms with van der Waals surface area (Å²) in [6.07, 6.45) is -0.737. The molecule has 1 aliphatic rings. The molecule has 0 bridgehead atoms. The number of aromatic hydroxyl groups is 1. The largest absolute Gasteiger partial charge is 0.573 e. The summed E-state index contributed by atoms with van der Waals surface area (Å²) in [6, 6.07) is 6.43. The van der Waals surface area contributed by atoms with Crippen molar-refractivity contribution in [3.63, 3.8) is 0 Å². The molecule has 1 aliphatic carbocycles. The maximum Gasteiger partial charge on any atom is 0.573 e. The standard InChI is InChI=1S/C25H20F4N2O5/c1-13-17(7-14-8-20(34-2)24(33)21(9-14)36-25(27,28)29)16-4-3-15(26)10-19(16)18(13)11-22(32)31-12-23-30-5-6-35-23/h3-10,33H,11-12H2,1-2H3,(H,31,32)/b17-7-. The van der Waals surface area contributed by atoms with Gasteiger partial charge in [0.2, 0.25) is 17.5 Å². The van der Waals surface area contributed by atoms with Crippen LogP contribution in [0.3, 0.4) is 0 Å². The van der Waals surface area contributed by atoms with Gasteiger partial charge in [0.05, 0.1) is 26.3 Å². The van der Waals surface area contributed by atoms with Crippen molar-refractivity contribution >= 4 is 23.1 Å². The highest BCUT2D eigenvalue weighted by Crippen LogP contribution is 2.45. The van der Waals surface area contributed by atoms with Crippen LogP contribution in [-0.4, -0.2) is 29.5 Å². The average Bonchev–Trinajstić information content (AvgIpc) is 3.41. The van der Waals surface area contributed by atoms with Gasteiger partial charge in [-0.15, -0.1) is 13.2 Å². The number of alkyl halides is 3. The first-order valence-electron chi connectivity index (χ1n) is 10.6. The van der Waals surface area contributed by atoms with Crippen LogP contribution in [-0.2, 0) is 11.3 Å². The molecule has 36 heavy (non-hydrogen) atoms. The van der Waals surface area contributed by atoms with Crippen LogP contribution in [0.25, 0.3) is 17.2 Å². The van der Waals surface area contributed by atoms with Gasteiger partial charge in [-0.3, -0.25) is 4.79 Å². The number of amides is 1. The van der Waals surface area contributed by atoms with Gasteiger partial charge < -0.3 is 24.3 Å². The van der Waals surface area contributed by atoms with E-state index >= 15 is 0 Å². The Morgan fingerprint density at radius 3 is 2.61 bits per heavy atom. The van der Waals surface area contributed by atoms with E-state index in [1.165, 1.54) is 43.8 Å². The molecule has 0 aliphatic heterocycles. The molecule has 188 valence electrons. The van der Waals surface area contributed by atoms with E-state index in [1.807, 2.05) is 0 Å². The maximum atomic E-state index is 14.1. The molecule has 0 radical (unpaired) electrons. The van der Waals surface area contributed by atoms with Crippen LogP contribution in [0.5, 0.6) is 17.2 Å². The minimum Gasteiger partial charge on any atom is -0.502 e. The zero-order valence-electron chi connectivity index (χ0n) is 19.1. The lowest BCUT2D eigenvalue weighted by atomic mass is 10.00. The number of benzene rings is 2. The highest BCUT2D eigenvalue weighted by atomic mass is 19.4. The molecule has 2 aromatic carbocycles. The highest BCUT2D eigenvalue weighted by molar-refractivity contribution is 6.08. The summed E-state index contributed by atoms with van der Waals surface area (Å²) in [5, 5.41) is 12.7. The number of allylic oxidation sites excluding steroid dienone is 2. The van der Waals surface area contributed by atoms with Gasteiger partial charge in [-0.25, -0.2) is 9.37 Å². The third-order valence-electron chi connectivity index (χ3n) is 5.53. The minimum absolute atomic E-state index is 0.0755. The molecule has 4 rings (SSSR count). The number of nitrogens with zero attached hydrogens (tertiary/aromatic N) is 1. The Kier molecular flexibility index (Phi) is 6.73. The number of phenolic OH excluding ortho intramolecular Hbond substituents is 1. The van der Waals surface area contributed by atoms with Gasteiger partial charge in [-0.05, 0) is 70.7 Å². The molecule has 11 heteroatoms. The summed E-state index contributed by atoms with van der Waals surface area (Å²) >= 11 is 0. The number of fused-ring (bicyclic) bond motifs is 1. The Morgan fingerprint density at radius 1 is 1.19 bits per heavy atom. The first-order chi connectivity index (χ1) is 17.1. The van der Waals surface area contributed by atoms with Crippen LogP contribution in [0.4, 0.5) is 17.6 Å². The average molecular weight is 504 g/mol. The van der Waals surface area contributed by atoms with Crippen molar-refractivity contribution in [2.45, 2.75) is 26.3 Å². The Morgan fingerprint density at radius 2 is 1.94 bits per heavy atom. The molecule has 7 nitrogen and oxygen atoms in total. The van der Waals surface area contributed by atoms with E-state index in [0.717, 1.165) is 6.07 Å². The Balaban J connectivity index is 1.71. The number of phenols is 1. The number of aromatic nitrogens is 1. The van der Waals surface area contributed by atoms with Crippen LogP contribution in [0.1, 0.15) is 35.9 Å². The van der Waals surface area contributed by atoms with E-state index in [1.54, 1.807) is 13.0 Å². The molecule has 0 atom stereocenters.